The van der Waals surface area contributed by atoms with Gasteiger partial charge < -0.3 is 10.2 Å². The molecule has 25 heavy (non-hydrogen) atoms. The minimum Gasteiger partial charge on any atom is -0.356 e. The van der Waals surface area contributed by atoms with Crippen LogP contribution in [-0.4, -0.2) is 44.8 Å². The van der Waals surface area contributed by atoms with Crippen LogP contribution >= 0.6 is 15.9 Å². The number of piperidine rings is 1. The van der Waals surface area contributed by atoms with Gasteiger partial charge in [0.1, 0.15) is 16.7 Å². The maximum atomic E-state index is 12.4. The lowest BCUT2D eigenvalue weighted by Crippen LogP contribution is -2.44. The lowest BCUT2D eigenvalue weighted by Gasteiger charge is -2.33. The Bertz CT molecular complexity index is 766. The van der Waals surface area contributed by atoms with Crippen LogP contribution in [-0.2, 0) is 11.8 Å². The van der Waals surface area contributed by atoms with Crippen LogP contribution in [0.5, 0.6) is 0 Å². The fourth-order valence-electron chi connectivity index (χ4n) is 3.13. The summed E-state index contributed by atoms with van der Waals surface area (Å²) in [7, 11) is 1.87. The van der Waals surface area contributed by atoms with E-state index in [1.54, 1.807) is 11.0 Å². The SMILES string of the molecule is CC(C)C(C)NC(=O)C1CCN(c2ncnc3c2c(Br)nn3C)CC1. The first kappa shape index (κ1) is 18.1. The molecule has 1 atom stereocenters. The summed E-state index contributed by atoms with van der Waals surface area (Å²) in [5, 5.41) is 8.45. The number of nitrogens with zero attached hydrogens (tertiary/aromatic N) is 5. The number of amides is 1. The molecule has 8 heteroatoms. The Morgan fingerprint density at radius 3 is 2.60 bits per heavy atom. The van der Waals surface area contributed by atoms with Crippen molar-refractivity contribution in [3.05, 3.63) is 10.9 Å². The predicted octanol–water partition coefficient (Wildman–Crippen LogP) is 2.50. The van der Waals surface area contributed by atoms with Gasteiger partial charge in [0.25, 0.3) is 0 Å². The van der Waals surface area contributed by atoms with Crippen LogP contribution in [0, 0.1) is 11.8 Å². The van der Waals surface area contributed by atoms with Gasteiger partial charge in [0, 0.05) is 32.1 Å². The summed E-state index contributed by atoms with van der Waals surface area (Å²) in [5.41, 5.74) is 0.808. The lowest BCUT2D eigenvalue weighted by atomic mass is 9.94. The number of halogens is 1. The third-order valence-electron chi connectivity index (χ3n) is 5.09. The van der Waals surface area contributed by atoms with Gasteiger partial charge >= 0.3 is 0 Å². The highest BCUT2D eigenvalue weighted by atomic mass is 79.9. The van der Waals surface area contributed by atoms with Gasteiger partial charge in [-0.2, -0.15) is 5.10 Å². The molecule has 7 nitrogen and oxygen atoms in total. The molecule has 0 bridgehead atoms. The number of rotatable bonds is 4. The lowest BCUT2D eigenvalue weighted by molar-refractivity contribution is -0.126. The highest BCUT2D eigenvalue weighted by Gasteiger charge is 2.28. The third-order valence-corrected chi connectivity index (χ3v) is 5.65. The molecule has 0 aromatic carbocycles. The fraction of sp³-hybridized carbons (Fsp3) is 0.647. The zero-order chi connectivity index (χ0) is 18.1. The van der Waals surface area contributed by atoms with Crippen LogP contribution < -0.4 is 10.2 Å². The zero-order valence-electron chi connectivity index (χ0n) is 15.2. The van der Waals surface area contributed by atoms with E-state index in [1.165, 1.54) is 0 Å². The molecule has 0 spiro atoms. The number of fused-ring (bicyclic) bond motifs is 1. The van der Waals surface area contributed by atoms with Gasteiger partial charge in [-0.15, -0.1) is 0 Å². The quantitative estimate of drug-likeness (QED) is 0.840. The molecule has 1 unspecified atom stereocenters. The molecule has 1 N–H and O–H groups in total. The standard InChI is InChI=1S/C17H25BrN6O/c1-10(2)11(3)21-17(25)12-5-7-24(8-6-12)16-13-14(18)22-23(4)15(13)19-9-20-16/h9-12H,5-8H2,1-4H3,(H,21,25). The van der Waals surface area contributed by atoms with E-state index in [4.69, 9.17) is 0 Å². The van der Waals surface area contributed by atoms with Crippen molar-refractivity contribution in [2.45, 2.75) is 39.7 Å². The normalized spacial score (nSPS) is 17.3. The summed E-state index contributed by atoms with van der Waals surface area (Å²) in [6.07, 6.45) is 3.24. The molecule has 3 rings (SSSR count). The molecule has 136 valence electrons. The zero-order valence-corrected chi connectivity index (χ0v) is 16.7. The van der Waals surface area contributed by atoms with E-state index < -0.39 is 0 Å². The second kappa shape index (κ2) is 7.27. The summed E-state index contributed by atoms with van der Waals surface area (Å²) in [6, 6.07) is 0.207. The van der Waals surface area contributed by atoms with Crippen molar-refractivity contribution in [1.82, 2.24) is 25.1 Å². The smallest absolute Gasteiger partial charge is 0.223 e. The molecule has 1 amide bonds. The van der Waals surface area contributed by atoms with Gasteiger partial charge in [0.05, 0.1) is 5.39 Å². The van der Waals surface area contributed by atoms with E-state index in [9.17, 15) is 4.79 Å². The largest absolute Gasteiger partial charge is 0.356 e. The number of aromatic nitrogens is 4. The highest BCUT2D eigenvalue weighted by Crippen LogP contribution is 2.31. The summed E-state index contributed by atoms with van der Waals surface area (Å²) < 4.78 is 2.50. The highest BCUT2D eigenvalue weighted by molar-refractivity contribution is 9.10. The Hall–Kier alpha value is -1.70. The summed E-state index contributed by atoms with van der Waals surface area (Å²) >= 11 is 3.51. The fourth-order valence-corrected chi connectivity index (χ4v) is 3.72. The minimum atomic E-state index is 0.0760. The molecular weight excluding hydrogens is 384 g/mol. The first-order valence-electron chi connectivity index (χ1n) is 8.77. The third kappa shape index (κ3) is 3.63. The molecule has 0 aliphatic carbocycles. The van der Waals surface area contributed by atoms with E-state index in [1.807, 2.05) is 7.05 Å². The number of hydrogen-bond donors (Lipinski definition) is 1. The number of aryl methyl sites for hydroxylation is 1. The van der Waals surface area contributed by atoms with Crippen LogP contribution in [0.25, 0.3) is 11.0 Å². The summed E-state index contributed by atoms with van der Waals surface area (Å²) in [4.78, 5) is 23.5. The Morgan fingerprint density at radius 1 is 1.28 bits per heavy atom. The second-order valence-electron chi connectivity index (χ2n) is 7.11. The van der Waals surface area contributed by atoms with Crippen molar-refractivity contribution in [2.24, 2.45) is 18.9 Å². The molecule has 3 heterocycles. The van der Waals surface area contributed by atoms with Crippen molar-refractivity contribution >= 4 is 38.7 Å². The average Bonchev–Trinajstić information content (AvgIpc) is 2.89. The molecule has 1 aliphatic heterocycles. The number of carbonyl (C=O) groups excluding carboxylic acids is 1. The predicted molar refractivity (Wildman–Crippen MR) is 101 cm³/mol. The van der Waals surface area contributed by atoms with Gasteiger partial charge in [0.15, 0.2) is 5.65 Å². The van der Waals surface area contributed by atoms with Gasteiger partial charge in [-0.1, -0.05) is 13.8 Å². The first-order chi connectivity index (χ1) is 11.9. The topological polar surface area (TPSA) is 75.9 Å². The van der Waals surface area contributed by atoms with E-state index in [0.717, 1.165) is 47.4 Å². The van der Waals surface area contributed by atoms with Crippen LogP contribution in [0.4, 0.5) is 5.82 Å². The van der Waals surface area contributed by atoms with Gasteiger partial charge in [-0.3, -0.25) is 4.79 Å². The number of nitrogens with one attached hydrogen (secondary N) is 1. The Kier molecular flexibility index (Phi) is 5.27. The van der Waals surface area contributed by atoms with Crippen molar-refractivity contribution in [3.63, 3.8) is 0 Å². The Balaban J connectivity index is 1.70. The maximum Gasteiger partial charge on any atom is 0.223 e. The molecule has 2 aromatic rings. The molecule has 2 aromatic heterocycles. The van der Waals surface area contributed by atoms with E-state index >= 15 is 0 Å². The van der Waals surface area contributed by atoms with Crippen molar-refractivity contribution < 1.29 is 4.79 Å². The number of anilines is 1. The monoisotopic (exact) mass is 408 g/mol. The average molecular weight is 409 g/mol. The molecule has 1 saturated heterocycles. The molecule has 1 aliphatic rings. The maximum absolute atomic E-state index is 12.4. The van der Waals surface area contributed by atoms with Crippen LogP contribution in [0.1, 0.15) is 33.6 Å². The van der Waals surface area contributed by atoms with Gasteiger partial charge in [-0.25, -0.2) is 14.6 Å². The first-order valence-corrected chi connectivity index (χ1v) is 9.56. The summed E-state index contributed by atoms with van der Waals surface area (Å²) in [6.45, 7) is 7.93. The van der Waals surface area contributed by atoms with E-state index in [2.05, 4.69) is 62.0 Å². The number of hydrogen-bond acceptors (Lipinski definition) is 5. The summed E-state index contributed by atoms with van der Waals surface area (Å²) in [5.74, 6) is 1.59. The molecule has 1 fully saturated rings. The second-order valence-corrected chi connectivity index (χ2v) is 7.86. The molecular formula is C17H25BrN6O. The Morgan fingerprint density at radius 2 is 1.96 bits per heavy atom. The van der Waals surface area contributed by atoms with Crippen LogP contribution in [0.2, 0.25) is 0 Å². The molecule has 0 saturated carbocycles. The van der Waals surface area contributed by atoms with Crippen molar-refractivity contribution in [3.8, 4) is 0 Å². The van der Waals surface area contributed by atoms with E-state index in [0.29, 0.717) is 5.92 Å². The Labute approximate surface area is 156 Å². The molecule has 0 radical (unpaired) electrons. The van der Waals surface area contributed by atoms with Crippen molar-refractivity contribution in [2.75, 3.05) is 18.0 Å². The van der Waals surface area contributed by atoms with Crippen LogP contribution in [0.3, 0.4) is 0 Å². The van der Waals surface area contributed by atoms with Crippen LogP contribution in [0.15, 0.2) is 10.9 Å². The van der Waals surface area contributed by atoms with E-state index in [-0.39, 0.29) is 17.9 Å². The van der Waals surface area contributed by atoms with Gasteiger partial charge in [0.2, 0.25) is 5.91 Å². The van der Waals surface area contributed by atoms with Gasteiger partial charge in [-0.05, 0) is 41.6 Å². The minimum absolute atomic E-state index is 0.0760. The van der Waals surface area contributed by atoms with Crippen molar-refractivity contribution in [1.29, 1.82) is 0 Å². The number of carbonyl (C=O) groups is 1.